The molecule has 3 rings (SSSR count). The van der Waals surface area contributed by atoms with Gasteiger partial charge in [-0.3, -0.25) is 10.8 Å². The number of pyridine rings is 1. The summed E-state index contributed by atoms with van der Waals surface area (Å²) in [5.74, 6) is 6.23. The second kappa shape index (κ2) is 4.55. The number of methoxy groups -OCH3 is 1. The number of aromatic nitrogens is 1. The van der Waals surface area contributed by atoms with Crippen molar-refractivity contribution < 1.29 is 4.74 Å². The SMILES string of the molecule is COCc1cccc2c(NN)cc(C3CC3)nc12. The lowest BCUT2D eigenvalue weighted by atomic mass is 10.1. The standard InChI is InChI=1S/C14H17N3O/c1-18-8-10-3-2-4-11-13(17-15)7-12(9-5-6-9)16-14(10)11/h2-4,7,9H,5-6,8,15H2,1H3,(H,16,17). The van der Waals surface area contributed by atoms with E-state index in [0.29, 0.717) is 12.5 Å². The van der Waals surface area contributed by atoms with E-state index < -0.39 is 0 Å². The van der Waals surface area contributed by atoms with Gasteiger partial charge in [0, 0.05) is 29.7 Å². The fourth-order valence-electron chi connectivity index (χ4n) is 2.31. The van der Waals surface area contributed by atoms with E-state index in [1.54, 1.807) is 7.11 Å². The van der Waals surface area contributed by atoms with Crippen molar-refractivity contribution in [3.63, 3.8) is 0 Å². The summed E-state index contributed by atoms with van der Waals surface area (Å²) in [7, 11) is 1.70. The Morgan fingerprint density at radius 3 is 2.94 bits per heavy atom. The molecule has 2 aromatic rings. The van der Waals surface area contributed by atoms with Crippen molar-refractivity contribution in [1.82, 2.24) is 4.98 Å². The minimum atomic E-state index is 0.572. The molecule has 1 aromatic carbocycles. The van der Waals surface area contributed by atoms with E-state index in [9.17, 15) is 0 Å². The molecule has 0 bridgehead atoms. The van der Waals surface area contributed by atoms with E-state index in [4.69, 9.17) is 15.6 Å². The van der Waals surface area contributed by atoms with Gasteiger partial charge in [-0.2, -0.15) is 0 Å². The number of rotatable bonds is 4. The number of hydrogen-bond donors (Lipinski definition) is 2. The Kier molecular flexibility index (Phi) is 2.89. The van der Waals surface area contributed by atoms with Crippen LogP contribution in [0.1, 0.15) is 30.0 Å². The number of benzene rings is 1. The number of ether oxygens (including phenoxy) is 1. The summed E-state index contributed by atoms with van der Waals surface area (Å²) >= 11 is 0. The molecule has 18 heavy (non-hydrogen) atoms. The van der Waals surface area contributed by atoms with Gasteiger partial charge in [0.05, 0.1) is 17.8 Å². The van der Waals surface area contributed by atoms with Crippen LogP contribution in [0.2, 0.25) is 0 Å². The molecule has 0 atom stereocenters. The van der Waals surface area contributed by atoms with E-state index in [0.717, 1.165) is 27.8 Å². The summed E-state index contributed by atoms with van der Waals surface area (Å²) in [5, 5.41) is 1.05. The van der Waals surface area contributed by atoms with E-state index >= 15 is 0 Å². The molecule has 0 aliphatic heterocycles. The van der Waals surface area contributed by atoms with E-state index in [2.05, 4.69) is 17.6 Å². The average molecular weight is 243 g/mol. The minimum absolute atomic E-state index is 0.572. The maximum atomic E-state index is 5.62. The molecule has 3 N–H and O–H groups in total. The zero-order valence-corrected chi connectivity index (χ0v) is 10.4. The van der Waals surface area contributed by atoms with E-state index in [-0.39, 0.29) is 0 Å². The molecule has 94 valence electrons. The third-order valence-electron chi connectivity index (χ3n) is 3.39. The topological polar surface area (TPSA) is 60.2 Å². The Hall–Kier alpha value is -1.65. The number of hydrogen-bond acceptors (Lipinski definition) is 4. The van der Waals surface area contributed by atoms with Crippen LogP contribution in [0.4, 0.5) is 5.69 Å². The van der Waals surface area contributed by atoms with Crippen molar-refractivity contribution in [3.05, 3.63) is 35.5 Å². The highest BCUT2D eigenvalue weighted by Crippen LogP contribution is 2.41. The minimum Gasteiger partial charge on any atom is -0.380 e. The molecule has 4 heteroatoms. The predicted octanol–water partition coefficient (Wildman–Crippen LogP) is 2.54. The second-order valence-electron chi connectivity index (χ2n) is 4.76. The molecule has 1 heterocycles. The fraction of sp³-hybridized carbons (Fsp3) is 0.357. The van der Waals surface area contributed by atoms with Gasteiger partial charge in [0.2, 0.25) is 0 Å². The Labute approximate surface area is 106 Å². The summed E-state index contributed by atoms with van der Waals surface area (Å²) < 4.78 is 5.23. The maximum Gasteiger partial charge on any atom is 0.0781 e. The van der Waals surface area contributed by atoms with Gasteiger partial charge in [0.15, 0.2) is 0 Å². The lowest BCUT2D eigenvalue weighted by Gasteiger charge is -2.11. The lowest BCUT2D eigenvalue weighted by Crippen LogP contribution is -2.09. The van der Waals surface area contributed by atoms with Crippen LogP contribution in [0.25, 0.3) is 10.9 Å². The molecule has 1 saturated carbocycles. The first-order valence-corrected chi connectivity index (χ1v) is 6.21. The van der Waals surface area contributed by atoms with Crippen LogP contribution in [0, 0.1) is 0 Å². The summed E-state index contributed by atoms with van der Waals surface area (Å²) in [6.45, 7) is 0.572. The van der Waals surface area contributed by atoms with Crippen molar-refractivity contribution in [3.8, 4) is 0 Å². The molecular formula is C14H17N3O. The second-order valence-corrected chi connectivity index (χ2v) is 4.76. The largest absolute Gasteiger partial charge is 0.380 e. The zero-order valence-electron chi connectivity index (χ0n) is 10.4. The summed E-state index contributed by atoms with van der Waals surface area (Å²) in [5.41, 5.74) is 6.97. The first kappa shape index (κ1) is 11.4. The predicted molar refractivity (Wildman–Crippen MR) is 72.2 cm³/mol. The molecular weight excluding hydrogens is 226 g/mol. The van der Waals surface area contributed by atoms with Gasteiger partial charge in [-0.05, 0) is 18.9 Å². The summed E-state index contributed by atoms with van der Waals surface area (Å²) in [4.78, 5) is 4.79. The van der Waals surface area contributed by atoms with Crippen LogP contribution in [-0.4, -0.2) is 12.1 Å². The number of anilines is 1. The Bertz CT molecular complexity index is 579. The first-order chi connectivity index (χ1) is 8.83. The normalized spacial score (nSPS) is 15.0. The number of para-hydroxylation sites is 1. The number of hydrazine groups is 1. The van der Waals surface area contributed by atoms with Crippen molar-refractivity contribution in [2.24, 2.45) is 5.84 Å². The van der Waals surface area contributed by atoms with Crippen LogP contribution in [0.15, 0.2) is 24.3 Å². The van der Waals surface area contributed by atoms with Gasteiger partial charge >= 0.3 is 0 Å². The Balaban J connectivity index is 2.21. The monoisotopic (exact) mass is 243 g/mol. The highest BCUT2D eigenvalue weighted by atomic mass is 16.5. The van der Waals surface area contributed by atoms with Crippen LogP contribution >= 0.6 is 0 Å². The summed E-state index contributed by atoms with van der Waals surface area (Å²) in [6.07, 6.45) is 2.46. The van der Waals surface area contributed by atoms with Gasteiger partial charge in [0.25, 0.3) is 0 Å². The average Bonchev–Trinajstić information content (AvgIpc) is 3.22. The molecule has 0 radical (unpaired) electrons. The molecule has 4 nitrogen and oxygen atoms in total. The Morgan fingerprint density at radius 2 is 2.28 bits per heavy atom. The number of nitrogens with zero attached hydrogens (tertiary/aromatic N) is 1. The number of nitrogens with one attached hydrogen (secondary N) is 1. The quantitative estimate of drug-likeness (QED) is 0.640. The highest BCUT2D eigenvalue weighted by Gasteiger charge is 2.26. The van der Waals surface area contributed by atoms with Gasteiger partial charge < -0.3 is 10.2 Å². The van der Waals surface area contributed by atoms with Crippen molar-refractivity contribution in [2.75, 3.05) is 12.5 Å². The van der Waals surface area contributed by atoms with Crippen LogP contribution < -0.4 is 11.3 Å². The van der Waals surface area contributed by atoms with Gasteiger partial charge in [0.1, 0.15) is 0 Å². The molecule has 0 amide bonds. The van der Waals surface area contributed by atoms with E-state index in [1.807, 2.05) is 12.1 Å². The van der Waals surface area contributed by atoms with Crippen molar-refractivity contribution in [1.29, 1.82) is 0 Å². The molecule has 0 unspecified atom stereocenters. The zero-order chi connectivity index (χ0) is 12.5. The molecule has 1 aliphatic carbocycles. The summed E-state index contributed by atoms with van der Waals surface area (Å²) in [6, 6.07) is 8.16. The van der Waals surface area contributed by atoms with Crippen LogP contribution in [-0.2, 0) is 11.3 Å². The van der Waals surface area contributed by atoms with Crippen LogP contribution in [0.3, 0.4) is 0 Å². The van der Waals surface area contributed by atoms with Gasteiger partial charge in [-0.1, -0.05) is 18.2 Å². The lowest BCUT2D eigenvalue weighted by molar-refractivity contribution is 0.186. The highest BCUT2D eigenvalue weighted by molar-refractivity contribution is 5.93. The third-order valence-corrected chi connectivity index (χ3v) is 3.39. The number of nitrogen functional groups attached to an aromatic ring is 1. The fourth-order valence-corrected chi connectivity index (χ4v) is 2.31. The molecule has 0 saturated heterocycles. The van der Waals surface area contributed by atoms with Crippen LogP contribution in [0.5, 0.6) is 0 Å². The van der Waals surface area contributed by atoms with Crippen molar-refractivity contribution >= 4 is 16.6 Å². The molecule has 1 aliphatic rings. The molecule has 1 aromatic heterocycles. The third kappa shape index (κ3) is 1.94. The molecule has 0 spiro atoms. The number of nitrogens with two attached hydrogens (primary N) is 1. The first-order valence-electron chi connectivity index (χ1n) is 6.21. The van der Waals surface area contributed by atoms with E-state index in [1.165, 1.54) is 12.8 Å². The van der Waals surface area contributed by atoms with Crippen molar-refractivity contribution in [2.45, 2.75) is 25.4 Å². The van der Waals surface area contributed by atoms with Gasteiger partial charge in [-0.15, -0.1) is 0 Å². The van der Waals surface area contributed by atoms with Gasteiger partial charge in [-0.25, -0.2) is 0 Å². The smallest absolute Gasteiger partial charge is 0.0781 e. The Morgan fingerprint density at radius 1 is 1.44 bits per heavy atom. The maximum absolute atomic E-state index is 5.62. The molecule has 1 fully saturated rings. The number of fused-ring (bicyclic) bond motifs is 1.